The lowest BCUT2D eigenvalue weighted by Gasteiger charge is -2.19. The van der Waals surface area contributed by atoms with Gasteiger partial charge >= 0.3 is 0 Å². The Morgan fingerprint density at radius 3 is 3.16 bits per heavy atom. The van der Waals surface area contributed by atoms with Gasteiger partial charge in [0.15, 0.2) is 5.65 Å². The molecule has 2 aromatic rings. The minimum atomic E-state index is 0.977. The molecule has 0 spiro atoms. The summed E-state index contributed by atoms with van der Waals surface area (Å²) < 4.78 is 3.26. The number of hydrogen-bond donors (Lipinski definition) is 1. The summed E-state index contributed by atoms with van der Waals surface area (Å²) in [6.07, 6.45) is 3.32. The summed E-state index contributed by atoms with van der Waals surface area (Å²) in [5.74, 6) is 0. The van der Waals surface area contributed by atoms with Crippen LogP contribution in [-0.2, 0) is 6.54 Å². The Bertz CT molecular complexity index is 570. The van der Waals surface area contributed by atoms with E-state index in [1.807, 2.05) is 6.07 Å². The first-order valence-corrected chi connectivity index (χ1v) is 7.60. The third kappa shape index (κ3) is 2.68. The third-order valence-electron chi connectivity index (χ3n) is 3.71. The van der Waals surface area contributed by atoms with Crippen molar-refractivity contribution in [3.63, 3.8) is 0 Å². The zero-order valence-corrected chi connectivity index (χ0v) is 12.8. The Kier molecular flexibility index (Phi) is 3.86. The maximum atomic E-state index is 4.68. The first kappa shape index (κ1) is 13.1. The number of imidazole rings is 1. The van der Waals surface area contributed by atoms with Gasteiger partial charge in [0.1, 0.15) is 0 Å². The number of rotatable bonds is 2. The van der Waals surface area contributed by atoms with E-state index in [-0.39, 0.29) is 0 Å². The highest BCUT2D eigenvalue weighted by Gasteiger charge is 2.15. The van der Waals surface area contributed by atoms with E-state index in [4.69, 9.17) is 0 Å². The van der Waals surface area contributed by atoms with Crippen molar-refractivity contribution in [2.24, 2.45) is 0 Å². The van der Waals surface area contributed by atoms with E-state index in [0.29, 0.717) is 0 Å². The van der Waals surface area contributed by atoms with Crippen LogP contribution in [0.3, 0.4) is 0 Å². The van der Waals surface area contributed by atoms with Crippen LogP contribution in [0.15, 0.2) is 22.8 Å². The Balaban J connectivity index is 1.91. The minimum absolute atomic E-state index is 0.977. The lowest BCUT2D eigenvalue weighted by Crippen LogP contribution is -2.28. The van der Waals surface area contributed by atoms with Gasteiger partial charge in [-0.05, 0) is 54.5 Å². The number of pyridine rings is 1. The van der Waals surface area contributed by atoms with E-state index in [0.717, 1.165) is 48.5 Å². The molecule has 0 saturated carbocycles. The molecule has 0 unspecified atom stereocenters. The molecule has 19 heavy (non-hydrogen) atoms. The van der Waals surface area contributed by atoms with Crippen molar-refractivity contribution in [1.29, 1.82) is 0 Å². The molecule has 2 aromatic heterocycles. The smallest absolute Gasteiger partial charge is 0.151 e. The van der Waals surface area contributed by atoms with Gasteiger partial charge in [-0.1, -0.05) is 0 Å². The molecule has 0 aromatic carbocycles. The van der Waals surface area contributed by atoms with Crippen molar-refractivity contribution in [3.05, 3.63) is 34.2 Å². The quantitative estimate of drug-likeness (QED) is 0.920. The number of aromatic nitrogens is 2. The Hall–Kier alpha value is -0.910. The first-order valence-electron chi connectivity index (χ1n) is 6.81. The van der Waals surface area contributed by atoms with Crippen LogP contribution in [-0.4, -0.2) is 40.5 Å². The normalized spacial score (nSPS) is 17.8. The number of aryl methyl sites for hydroxylation is 1. The molecule has 4 nitrogen and oxygen atoms in total. The van der Waals surface area contributed by atoms with Gasteiger partial charge in [0.25, 0.3) is 0 Å². The molecule has 1 fully saturated rings. The van der Waals surface area contributed by atoms with Crippen LogP contribution in [0.25, 0.3) is 5.65 Å². The van der Waals surface area contributed by atoms with Crippen molar-refractivity contribution in [3.8, 4) is 0 Å². The summed E-state index contributed by atoms with van der Waals surface area (Å²) in [7, 11) is 0. The molecule has 0 amide bonds. The summed E-state index contributed by atoms with van der Waals surface area (Å²) in [4.78, 5) is 7.19. The van der Waals surface area contributed by atoms with E-state index >= 15 is 0 Å². The molecule has 3 rings (SSSR count). The number of fused-ring (bicyclic) bond motifs is 1. The second-order valence-corrected chi connectivity index (χ2v) is 5.93. The summed E-state index contributed by atoms with van der Waals surface area (Å²) in [6, 6.07) is 4.10. The van der Waals surface area contributed by atoms with Gasteiger partial charge in [0, 0.05) is 25.8 Å². The molecule has 0 atom stereocenters. The predicted molar refractivity (Wildman–Crippen MR) is 80.4 cm³/mol. The topological polar surface area (TPSA) is 32.6 Å². The zero-order chi connectivity index (χ0) is 13.2. The van der Waals surface area contributed by atoms with Gasteiger partial charge in [-0.2, -0.15) is 0 Å². The van der Waals surface area contributed by atoms with Crippen LogP contribution in [0, 0.1) is 6.92 Å². The highest BCUT2D eigenvalue weighted by molar-refractivity contribution is 9.10. The monoisotopic (exact) mass is 322 g/mol. The molecule has 1 N–H and O–H groups in total. The third-order valence-corrected chi connectivity index (χ3v) is 4.33. The van der Waals surface area contributed by atoms with Crippen LogP contribution in [0.5, 0.6) is 0 Å². The highest BCUT2D eigenvalue weighted by Crippen LogP contribution is 2.21. The van der Waals surface area contributed by atoms with Gasteiger partial charge in [-0.25, -0.2) is 4.98 Å². The lowest BCUT2D eigenvalue weighted by molar-refractivity contribution is 0.279. The van der Waals surface area contributed by atoms with Crippen LogP contribution in [0.1, 0.15) is 17.8 Å². The maximum Gasteiger partial charge on any atom is 0.151 e. The summed E-state index contributed by atoms with van der Waals surface area (Å²) in [5.41, 5.74) is 3.45. The minimum Gasteiger partial charge on any atom is -0.315 e. The summed E-state index contributed by atoms with van der Waals surface area (Å²) >= 11 is 3.58. The van der Waals surface area contributed by atoms with E-state index in [1.165, 1.54) is 12.1 Å². The van der Waals surface area contributed by atoms with Crippen LogP contribution in [0.2, 0.25) is 0 Å². The van der Waals surface area contributed by atoms with Gasteiger partial charge in [-0.15, -0.1) is 0 Å². The van der Waals surface area contributed by atoms with Gasteiger partial charge < -0.3 is 9.72 Å². The molecule has 1 aliphatic heterocycles. The zero-order valence-electron chi connectivity index (χ0n) is 11.2. The number of halogens is 1. The molecule has 1 saturated heterocycles. The van der Waals surface area contributed by atoms with Gasteiger partial charge in [0.05, 0.1) is 15.9 Å². The molecular formula is C14H19BrN4. The fourth-order valence-electron chi connectivity index (χ4n) is 2.66. The molecular weight excluding hydrogens is 304 g/mol. The SMILES string of the molecule is Cc1nc2c(Br)cccn2c1CN1CCCNCC1. The van der Waals surface area contributed by atoms with E-state index in [2.05, 4.69) is 54.7 Å². The number of hydrogen-bond acceptors (Lipinski definition) is 3. The fraction of sp³-hybridized carbons (Fsp3) is 0.500. The second-order valence-electron chi connectivity index (χ2n) is 5.07. The van der Waals surface area contributed by atoms with Crippen molar-refractivity contribution in [1.82, 2.24) is 19.6 Å². The summed E-state index contributed by atoms with van der Waals surface area (Å²) in [6.45, 7) is 7.57. The van der Waals surface area contributed by atoms with E-state index in [9.17, 15) is 0 Å². The second kappa shape index (κ2) is 5.61. The van der Waals surface area contributed by atoms with Crippen molar-refractivity contribution in [2.45, 2.75) is 19.9 Å². The summed E-state index contributed by atoms with van der Waals surface area (Å²) in [5, 5.41) is 3.45. The Morgan fingerprint density at radius 1 is 1.37 bits per heavy atom. The van der Waals surface area contributed by atoms with Crippen molar-refractivity contribution >= 4 is 21.6 Å². The molecule has 0 radical (unpaired) electrons. The molecule has 102 valence electrons. The highest BCUT2D eigenvalue weighted by atomic mass is 79.9. The maximum absolute atomic E-state index is 4.68. The van der Waals surface area contributed by atoms with Crippen molar-refractivity contribution in [2.75, 3.05) is 26.2 Å². The first-order chi connectivity index (χ1) is 9.25. The average molecular weight is 323 g/mol. The molecule has 0 aliphatic carbocycles. The Labute approximate surface area is 121 Å². The predicted octanol–water partition coefficient (Wildman–Crippen LogP) is 2.20. The molecule has 1 aliphatic rings. The van der Waals surface area contributed by atoms with E-state index in [1.54, 1.807) is 0 Å². The van der Waals surface area contributed by atoms with Crippen LogP contribution >= 0.6 is 15.9 Å². The van der Waals surface area contributed by atoms with Crippen LogP contribution < -0.4 is 5.32 Å². The standard InChI is InChI=1S/C14H19BrN4/c1-11-13(10-18-7-3-5-16-6-9-18)19-8-2-4-12(15)14(19)17-11/h2,4,8,16H,3,5-7,9-10H2,1H3. The average Bonchev–Trinajstić information content (AvgIpc) is 2.60. The fourth-order valence-corrected chi connectivity index (χ4v) is 3.09. The van der Waals surface area contributed by atoms with Gasteiger partial charge in [-0.3, -0.25) is 4.90 Å². The number of nitrogens with zero attached hydrogens (tertiary/aromatic N) is 3. The lowest BCUT2D eigenvalue weighted by atomic mass is 10.3. The molecule has 0 bridgehead atoms. The van der Waals surface area contributed by atoms with E-state index < -0.39 is 0 Å². The van der Waals surface area contributed by atoms with Crippen LogP contribution in [0.4, 0.5) is 0 Å². The Morgan fingerprint density at radius 2 is 2.26 bits per heavy atom. The van der Waals surface area contributed by atoms with Crippen molar-refractivity contribution < 1.29 is 0 Å². The largest absolute Gasteiger partial charge is 0.315 e. The molecule has 3 heterocycles. The number of nitrogens with one attached hydrogen (secondary N) is 1. The van der Waals surface area contributed by atoms with Gasteiger partial charge in [0.2, 0.25) is 0 Å². The molecule has 5 heteroatoms.